The molecule has 0 aliphatic rings. The van der Waals surface area contributed by atoms with Gasteiger partial charge >= 0.3 is 0 Å². The highest BCUT2D eigenvalue weighted by atomic mass is 16.3. The molecule has 0 N–H and O–H groups in total. The molecule has 2 aromatic carbocycles. The normalized spacial score (nSPS) is 10.6. The van der Waals surface area contributed by atoms with E-state index in [1.807, 2.05) is 45.0 Å². The van der Waals surface area contributed by atoms with Gasteiger partial charge in [-0.15, -0.1) is 0 Å². The lowest BCUT2D eigenvalue weighted by molar-refractivity contribution is 0.616. The lowest BCUT2D eigenvalue weighted by atomic mass is 9.99. The third-order valence-corrected chi connectivity index (χ3v) is 4.06. The summed E-state index contributed by atoms with van der Waals surface area (Å²) in [6.07, 6.45) is 0. The molecule has 0 saturated carbocycles. The predicted molar refractivity (Wildman–Crippen MR) is 86.8 cm³/mol. The molecule has 0 unspecified atom stereocenters. The maximum Gasteiger partial charge on any atom is 0.193 e. The van der Waals surface area contributed by atoms with Crippen molar-refractivity contribution in [1.29, 1.82) is 5.26 Å². The first-order valence-corrected chi connectivity index (χ1v) is 7.07. The number of aryl methyl sites for hydroxylation is 2. The van der Waals surface area contributed by atoms with Gasteiger partial charge in [0.15, 0.2) is 11.0 Å². The highest BCUT2D eigenvalue weighted by molar-refractivity contribution is 5.86. The zero-order valence-corrected chi connectivity index (χ0v) is 12.7. The summed E-state index contributed by atoms with van der Waals surface area (Å²) in [5.41, 5.74) is 4.33. The molecule has 3 heteroatoms. The van der Waals surface area contributed by atoms with Gasteiger partial charge in [-0.3, -0.25) is 4.79 Å². The molecule has 108 valence electrons. The van der Waals surface area contributed by atoms with E-state index in [0.29, 0.717) is 22.3 Å². The Morgan fingerprint density at radius 3 is 2.45 bits per heavy atom. The summed E-state index contributed by atoms with van der Waals surface area (Å²) in [4.78, 5) is 12.4. The van der Waals surface area contributed by atoms with Crippen LogP contribution in [-0.2, 0) is 0 Å². The average Bonchev–Trinajstić information content (AvgIpc) is 2.50. The molecule has 0 atom stereocenters. The van der Waals surface area contributed by atoms with E-state index in [1.165, 1.54) is 6.07 Å². The quantitative estimate of drug-likeness (QED) is 0.672. The zero-order valence-electron chi connectivity index (χ0n) is 12.7. The van der Waals surface area contributed by atoms with Crippen molar-refractivity contribution >= 4 is 11.0 Å². The van der Waals surface area contributed by atoms with Gasteiger partial charge in [-0.05, 0) is 43.5 Å². The fourth-order valence-corrected chi connectivity index (χ4v) is 2.63. The number of nitrogens with zero attached hydrogens (tertiary/aromatic N) is 1. The van der Waals surface area contributed by atoms with Crippen LogP contribution < -0.4 is 5.43 Å². The van der Waals surface area contributed by atoms with Crippen LogP contribution >= 0.6 is 0 Å². The van der Waals surface area contributed by atoms with Crippen LogP contribution in [0.25, 0.3) is 22.3 Å². The van der Waals surface area contributed by atoms with E-state index in [2.05, 4.69) is 6.07 Å². The smallest absolute Gasteiger partial charge is 0.193 e. The summed E-state index contributed by atoms with van der Waals surface area (Å²) in [5, 5.41) is 9.89. The van der Waals surface area contributed by atoms with Crippen LogP contribution in [0.15, 0.2) is 45.6 Å². The van der Waals surface area contributed by atoms with E-state index in [9.17, 15) is 10.1 Å². The molecule has 0 amide bonds. The Bertz CT molecular complexity index is 991. The van der Waals surface area contributed by atoms with Crippen molar-refractivity contribution in [2.75, 3.05) is 0 Å². The highest BCUT2D eigenvalue weighted by Gasteiger charge is 2.15. The fourth-order valence-electron chi connectivity index (χ4n) is 2.63. The Labute approximate surface area is 128 Å². The van der Waals surface area contributed by atoms with E-state index in [4.69, 9.17) is 4.42 Å². The van der Waals surface area contributed by atoms with Crippen molar-refractivity contribution in [3.8, 4) is 17.4 Å². The third kappa shape index (κ3) is 2.10. The van der Waals surface area contributed by atoms with Crippen LogP contribution in [0.1, 0.15) is 22.3 Å². The molecule has 1 aromatic heterocycles. The molecule has 22 heavy (non-hydrogen) atoms. The molecule has 3 nitrogen and oxygen atoms in total. The number of hydrogen-bond donors (Lipinski definition) is 0. The summed E-state index contributed by atoms with van der Waals surface area (Å²) < 4.78 is 5.94. The Kier molecular flexibility index (Phi) is 3.30. The third-order valence-electron chi connectivity index (χ3n) is 4.06. The Hall–Kier alpha value is -2.86. The maximum absolute atomic E-state index is 12.4. The lowest BCUT2D eigenvalue weighted by Gasteiger charge is -2.09. The summed E-state index contributed by atoms with van der Waals surface area (Å²) in [6.45, 7) is 5.73. The van der Waals surface area contributed by atoms with Gasteiger partial charge < -0.3 is 4.42 Å². The summed E-state index contributed by atoms with van der Waals surface area (Å²) >= 11 is 0. The van der Waals surface area contributed by atoms with Crippen LogP contribution in [0.2, 0.25) is 0 Å². The first-order valence-electron chi connectivity index (χ1n) is 7.07. The van der Waals surface area contributed by atoms with Crippen molar-refractivity contribution < 1.29 is 4.42 Å². The van der Waals surface area contributed by atoms with Crippen molar-refractivity contribution in [1.82, 2.24) is 0 Å². The van der Waals surface area contributed by atoms with Gasteiger partial charge in [0, 0.05) is 11.6 Å². The van der Waals surface area contributed by atoms with Gasteiger partial charge in [-0.2, -0.15) is 5.26 Å². The Balaban J connectivity index is 2.43. The molecule has 0 aliphatic carbocycles. The summed E-state index contributed by atoms with van der Waals surface area (Å²) in [7, 11) is 0. The molecule has 0 bridgehead atoms. The minimum absolute atomic E-state index is 0.126. The maximum atomic E-state index is 12.4. The topological polar surface area (TPSA) is 54.0 Å². The average molecular weight is 289 g/mol. The number of nitriles is 1. The van der Waals surface area contributed by atoms with Crippen molar-refractivity contribution in [3.63, 3.8) is 0 Å². The van der Waals surface area contributed by atoms with Crippen molar-refractivity contribution in [2.45, 2.75) is 20.8 Å². The summed E-state index contributed by atoms with van der Waals surface area (Å²) in [6, 6.07) is 13.2. The minimum Gasteiger partial charge on any atom is -0.454 e. The largest absolute Gasteiger partial charge is 0.454 e. The molecule has 0 saturated heterocycles. The van der Waals surface area contributed by atoms with E-state index in [-0.39, 0.29) is 5.43 Å². The number of benzene rings is 2. The van der Waals surface area contributed by atoms with Gasteiger partial charge in [0.25, 0.3) is 0 Å². The molecular formula is C19H15NO2. The van der Waals surface area contributed by atoms with Crippen LogP contribution in [0.4, 0.5) is 0 Å². The van der Waals surface area contributed by atoms with Gasteiger partial charge in [-0.1, -0.05) is 24.3 Å². The van der Waals surface area contributed by atoms with Gasteiger partial charge in [0.05, 0.1) is 10.9 Å². The molecule has 1 heterocycles. The van der Waals surface area contributed by atoms with Crippen molar-refractivity contribution in [2.24, 2.45) is 0 Å². The SMILES string of the molecule is Cc1ccccc1-c1cc(=O)c2cc(C)c(C)c(C#N)c2o1. The lowest BCUT2D eigenvalue weighted by Crippen LogP contribution is -2.04. The molecule has 3 rings (SSSR count). The van der Waals surface area contributed by atoms with Gasteiger partial charge in [0.1, 0.15) is 11.8 Å². The van der Waals surface area contributed by atoms with E-state index < -0.39 is 0 Å². The number of rotatable bonds is 1. The fraction of sp³-hybridized carbons (Fsp3) is 0.158. The minimum atomic E-state index is -0.126. The second-order valence-electron chi connectivity index (χ2n) is 5.47. The second-order valence-corrected chi connectivity index (χ2v) is 5.47. The Morgan fingerprint density at radius 2 is 1.77 bits per heavy atom. The van der Waals surface area contributed by atoms with Gasteiger partial charge in [0.2, 0.25) is 0 Å². The highest BCUT2D eigenvalue weighted by Crippen LogP contribution is 2.28. The molecular weight excluding hydrogens is 274 g/mol. The molecule has 0 spiro atoms. The molecule has 0 fully saturated rings. The van der Waals surface area contributed by atoms with Crippen molar-refractivity contribution in [3.05, 3.63) is 68.9 Å². The molecule has 0 radical (unpaired) electrons. The number of fused-ring (bicyclic) bond motifs is 1. The monoisotopic (exact) mass is 289 g/mol. The Morgan fingerprint density at radius 1 is 1.05 bits per heavy atom. The second kappa shape index (κ2) is 5.16. The summed E-state index contributed by atoms with van der Waals surface area (Å²) in [5.74, 6) is 0.496. The van der Waals surface area contributed by atoms with E-state index in [0.717, 1.165) is 22.3 Å². The van der Waals surface area contributed by atoms with Crippen LogP contribution in [0.5, 0.6) is 0 Å². The van der Waals surface area contributed by atoms with Crippen LogP contribution in [0, 0.1) is 32.1 Å². The first kappa shape index (κ1) is 14.1. The molecule has 3 aromatic rings. The zero-order chi connectivity index (χ0) is 15.9. The van der Waals surface area contributed by atoms with Crippen LogP contribution in [-0.4, -0.2) is 0 Å². The van der Waals surface area contributed by atoms with Gasteiger partial charge in [-0.25, -0.2) is 0 Å². The standard InChI is InChI=1S/C19H15NO2/c1-11-6-4-5-7-14(11)18-9-17(21)15-8-12(2)13(3)16(10-20)19(15)22-18/h4-9H,1-3H3. The first-order chi connectivity index (χ1) is 10.5. The van der Waals surface area contributed by atoms with E-state index >= 15 is 0 Å². The number of hydrogen-bond acceptors (Lipinski definition) is 3. The predicted octanol–water partition coefficient (Wildman–Crippen LogP) is 4.26. The molecule has 0 aliphatic heterocycles. The van der Waals surface area contributed by atoms with Crippen LogP contribution in [0.3, 0.4) is 0 Å². The van der Waals surface area contributed by atoms with E-state index in [1.54, 1.807) is 6.07 Å².